The molecule has 0 heterocycles. The van der Waals surface area contributed by atoms with E-state index in [2.05, 4.69) is 10.5 Å². The molecule has 0 atom stereocenters. The second-order valence-corrected chi connectivity index (χ2v) is 4.90. The summed E-state index contributed by atoms with van der Waals surface area (Å²) < 4.78 is 0. The summed E-state index contributed by atoms with van der Waals surface area (Å²) in [6.45, 7) is 0. The van der Waals surface area contributed by atoms with Crippen LogP contribution in [0.4, 0.5) is 5.69 Å². The molecule has 6 heteroatoms. The van der Waals surface area contributed by atoms with Crippen LogP contribution in [0.3, 0.4) is 0 Å². The molecule has 0 aliphatic heterocycles. The fourth-order valence-electron chi connectivity index (χ4n) is 1.54. The number of carbonyl (C=O) groups is 1. The first-order valence-electron chi connectivity index (χ1n) is 5.90. The van der Waals surface area contributed by atoms with Crippen LogP contribution < -0.4 is 5.43 Å². The smallest absolute Gasteiger partial charge is 0.223 e. The van der Waals surface area contributed by atoms with Crippen molar-refractivity contribution in [1.29, 1.82) is 5.26 Å². The molecule has 0 aliphatic rings. The van der Waals surface area contributed by atoms with Crippen molar-refractivity contribution in [1.82, 2.24) is 0 Å². The zero-order valence-electron chi connectivity index (χ0n) is 10.7. The number of hydrazone groups is 1. The van der Waals surface area contributed by atoms with E-state index in [1.807, 2.05) is 0 Å². The van der Waals surface area contributed by atoms with Crippen LogP contribution in [-0.2, 0) is 0 Å². The van der Waals surface area contributed by atoms with Gasteiger partial charge in [0.05, 0.1) is 5.69 Å². The van der Waals surface area contributed by atoms with Crippen molar-refractivity contribution >= 4 is 40.4 Å². The molecule has 0 aliphatic carbocycles. The molecule has 4 nitrogen and oxygen atoms in total. The van der Waals surface area contributed by atoms with Crippen LogP contribution in [0.2, 0.25) is 10.0 Å². The van der Waals surface area contributed by atoms with Crippen LogP contribution in [0.5, 0.6) is 0 Å². The molecule has 1 N–H and O–H groups in total. The van der Waals surface area contributed by atoms with E-state index >= 15 is 0 Å². The van der Waals surface area contributed by atoms with Crippen molar-refractivity contribution in [2.45, 2.75) is 0 Å². The summed E-state index contributed by atoms with van der Waals surface area (Å²) in [5.41, 5.74) is 3.31. The Kier molecular flexibility index (Phi) is 4.94. The van der Waals surface area contributed by atoms with Crippen LogP contribution in [0.15, 0.2) is 53.6 Å². The molecule has 2 rings (SSSR count). The van der Waals surface area contributed by atoms with Crippen molar-refractivity contribution in [2.75, 3.05) is 5.43 Å². The average molecular weight is 318 g/mol. The molecule has 0 fully saturated rings. The summed E-state index contributed by atoms with van der Waals surface area (Å²) in [6, 6.07) is 14.8. The molecule has 0 amide bonds. The fourth-order valence-corrected chi connectivity index (χ4v) is 1.85. The number of hydrogen-bond donors (Lipinski definition) is 1. The number of nitrogens with zero attached hydrogens (tertiary/aromatic N) is 2. The molecule has 2 aromatic rings. The third-order valence-corrected chi connectivity index (χ3v) is 3.04. The van der Waals surface area contributed by atoms with Gasteiger partial charge in [0, 0.05) is 15.6 Å². The molecule has 0 unspecified atom stereocenters. The highest BCUT2D eigenvalue weighted by molar-refractivity contribution is 6.51. The van der Waals surface area contributed by atoms with Gasteiger partial charge in [0.2, 0.25) is 11.5 Å². The van der Waals surface area contributed by atoms with Gasteiger partial charge in [-0.2, -0.15) is 10.4 Å². The van der Waals surface area contributed by atoms with Gasteiger partial charge in [-0.15, -0.1) is 0 Å². The molecule has 0 radical (unpaired) electrons. The van der Waals surface area contributed by atoms with Gasteiger partial charge in [-0.3, -0.25) is 10.2 Å². The van der Waals surface area contributed by atoms with Crippen molar-refractivity contribution in [3.63, 3.8) is 0 Å². The minimum absolute atomic E-state index is 0.257. The highest BCUT2D eigenvalue weighted by Gasteiger charge is 2.14. The highest BCUT2D eigenvalue weighted by Crippen LogP contribution is 2.14. The second kappa shape index (κ2) is 6.89. The summed E-state index contributed by atoms with van der Waals surface area (Å²) in [5, 5.41) is 13.9. The maximum atomic E-state index is 12.1. The molecule has 2 aromatic carbocycles. The third-order valence-electron chi connectivity index (χ3n) is 2.55. The Morgan fingerprint density at radius 3 is 2.43 bits per heavy atom. The lowest BCUT2D eigenvalue weighted by Gasteiger charge is -2.02. The zero-order valence-corrected chi connectivity index (χ0v) is 12.2. The Morgan fingerprint density at radius 2 is 1.81 bits per heavy atom. The number of hydrogen-bond acceptors (Lipinski definition) is 4. The maximum absolute atomic E-state index is 12.1. The van der Waals surface area contributed by atoms with Crippen LogP contribution in [0.25, 0.3) is 0 Å². The van der Waals surface area contributed by atoms with Crippen molar-refractivity contribution < 1.29 is 4.79 Å². The lowest BCUT2D eigenvalue weighted by molar-refractivity contribution is 0.106. The van der Waals surface area contributed by atoms with E-state index in [9.17, 15) is 4.79 Å². The van der Waals surface area contributed by atoms with E-state index in [0.717, 1.165) is 0 Å². The van der Waals surface area contributed by atoms with Gasteiger partial charge in [-0.25, -0.2) is 0 Å². The number of benzene rings is 2. The normalized spacial score (nSPS) is 10.8. The minimum Gasteiger partial charge on any atom is -0.286 e. The van der Waals surface area contributed by atoms with Gasteiger partial charge >= 0.3 is 0 Å². The lowest BCUT2D eigenvalue weighted by Crippen LogP contribution is -2.14. The van der Waals surface area contributed by atoms with Crippen LogP contribution in [0.1, 0.15) is 10.4 Å². The van der Waals surface area contributed by atoms with Gasteiger partial charge in [0.1, 0.15) is 6.07 Å². The quantitative estimate of drug-likeness (QED) is 0.523. The molecule has 0 aromatic heterocycles. The van der Waals surface area contributed by atoms with E-state index < -0.39 is 5.78 Å². The first-order valence-corrected chi connectivity index (χ1v) is 6.65. The van der Waals surface area contributed by atoms with Crippen LogP contribution >= 0.6 is 23.2 Å². The Hall–Kier alpha value is -2.35. The van der Waals surface area contributed by atoms with Crippen molar-refractivity contribution in [3.05, 3.63) is 64.1 Å². The summed E-state index contributed by atoms with van der Waals surface area (Å²) in [6.07, 6.45) is 0. The average Bonchev–Trinajstić information content (AvgIpc) is 2.49. The molecule has 0 saturated carbocycles. The predicted molar refractivity (Wildman–Crippen MR) is 83.9 cm³/mol. The standard InChI is InChI=1S/C15H9Cl2N3O/c16-11-4-6-13(7-5-11)19-20-14(9-18)15(21)10-2-1-3-12(17)8-10/h1-8,19H. The minimum atomic E-state index is -0.499. The SMILES string of the molecule is N#CC(=NNc1ccc(Cl)cc1)C(=O)c1cccc(Cl)c1. The Bertz CT molecular complexity index is 733. The highest BCUT2D eigenvalue weighted by atomic mass is 35.5. The summed E-state index contributed by atoms with van der Waals surface area (Å²) >= 11 is 11.6. The van der Waals surface area contributed by atoms with Gasteiger partial charge < -0.3 is 0 Å². The molecule has 104 valence electrons. The van der Waals surface area contributed by atoms with E-state index in [1.54, 1.807) is 48.5 Å². The number of nitrogens with one attached hydrogen (secondary N) is 1. The number of rotatable bonds is 4. The largest absolute Gasteiger partial charge is 0.286 e. The number of carbonyl (C=O) groups excluding carboxylic acids is 1. The number of ketones is 1. The Labute approximate surface area is 131 Å². The molecule has 0 bridgehead atoms. The number of anilines is 1. The Balaban J connectivity index is 2.19. The monoisotopic (exact) mass is 317 g/mol. The summed E-state index contributed by atoms with van der Waals surface area (Å²) in [7, 11) is 0. The first kappa shape index (κ1) is 15.0. The molecule has 0 spiro atoms. The molecule has 0 saturated heterocycles. The first-order chi connectivity index (χ1) is 10.1. The van der Waals surface area contributed by atoms with Gasteiger partial charge in [0.25, 0.3) is 0 Å². The third kappa shape index (κ3) is 4.06. The molecule has 21 heavy (non-hydrogen) atoms. The van der Waals surface area contributed by atoms with Crippen molar-refractivity contribution in [3.8, 4) is 6.07 Å². The number of halogens is 2. The topological polar surface area (TPSA) is 65.2 Å². The molecular formula is C15H9Cl2N3O. The number of nitriles is 1. The summed E-state index contributed by atoms with van der Waals surface area (Å²) in [5.74, 6) is -0.499. The fraction of sp³-hybridized carbons (Fsp3) is 0. The van der Waals surface area contributed by atoms with Crippen molar-refractivity contribution in [2.24, 2.45) is 5.10 Å². The summed E-state index contributed by atoms with van der Waals surface area (Å²) in [4.78, 5) is 12.1. The Morgan fingerprint density at radius 1 is 1.10 bits per heavy atom. The van der Waals surface area contributed by atoms with E-state index in [4.69, 9.17) is 28.5 Å². The van der Waals surface area contributed by atoms with Gasteiger partial charge in [-0.05, 0) is 36.4 Å². The molecular weight excluding hydrogens is 309 g/mol. The zero-order chi connectivity index (χ0) is 15.2. The lowest BCUT2D eigenvalue weighted by atomic mass is 10.1. The predicted octanol–water partition coefficient (Wildman–Crippen LogP) is 4.17. The maximum Gasteiger partial charge on any atom is 0.223 e. The van der Waals surface area contributed by atoms with E-state index in [0.29, 0.717) is 21.3 Å². The van der Waals surface area contributed by atoms with E-state index in [-0.39, 0.29) is 5.71 Å². The van der Waals surface area contributed by atoms with Gasteiger partial charge in [-0.1, -0.05) is 35.3 Å². The number of Topliss-reactive ketones (excluding diaryl/α,β-unsaturated/α-hetero) is 1. The van der Waals surface area contributed by atoms with E-state index in [1.165, 1.54) is 6.07 Å². The van der Waals surface area contributed by atoms with Crippen LogP contribution in [0, 0.1) is 11.3 Å². The van der Waals surface area contributed by atoms with Crippen LogP contribution in [-0.4, -0.2) is 11.5 Å². The van der Waals surface area contributed by atoms with Gasteiger partial charge in [0.15, 0.2) is 0 Å². The second-order valence-electron chi connectivity index (χ2n) is 4.03.